The van der Waals surface area contributed by atoms with Crippen molar-refractivity contribution in [3.8, 4) is 0 Å². The van der Waals surface area contributed by atoms with Crippen molar-refractivity contribution in [2.24, 2.45) is 5.92 Å². The lowest BCUT2D eigenvalue weighted by atomic mass is 10.1. The van der Waals surface area contributed by atoms with Crippen molar-refractivity contribution in [3.63, 3.8) is 0 Å². The van der Waals surface area contributed by atoms with Gasteiger partial charge in [0.1, 0.15) is 0 Å². The van der Waals surface area contributed by atoms with Crippen LogP contribution in [0.1, 0.15) is 19.3 Å². The third-order valence-electron chi connectivity index (χ3n) is 2.47. The summed E-state index contributed by atoms with van der Waals surface area (Å²) in [4.78, 5) is 11.3. The minimum Gasteiger partial charge on any atom is -0.427 e. The largest absolute Gasteiger partial charge is 0.427 e. The Morgan fingerprint density at radius 3 is 2.92 bits per heavy atom. The van der Waals surface area contributed by atoms with Gasteiger partial charge in [-0.05, 0) is 25.3 Å². The van der Waals surface area contributed by atoms with Gasteiger partial charge in [-0.1, -0.05) is 0 Å². The van der Waals surface area contributed by atoms with Gasteiger partial charge in [-0.3, -0.25) is 4.79 Å². The van der Waals surface area contributed by atoms with E-state index in [0.29, 0.717) is 6.04 Å². The Bertz CT molecular complexity index is 178. The molecule has 0 bridgehead atoms. The molecule has 5 heteroatoms. The highest BCUT2D eigenvalue weighted by molar-refractivity contribution is 6.23. The Morgan fingerprint density at radius 1 is 1.54 bits per heavy atom. The molecular formula is C8H16BN2O2. The Morgan fingerprint density at radius 2 is 2.31 bits per heavy atom. The van der Waals surface area contributed by atoms with Crippen molar-refractivity contribution in [3.05, 3.63) is 0 Å². The van der Waals surface area contributed by atoms with Crippen molar-refractivity contribution >= 4 is 13.5 Å². The van der Waals surface area contributed by atoms with Gasteiger partial charge in [0.2, 0.25) is 5.91 Å². The summed E-state index contributed by atoms with van der Waals surface area (Å²) >= 11 is 0. The molecule has 2 unspecified atom stereocenters. The van der Waals surface area contributed by atoms with E-state index in [1.807, 2.05) is 0 Å². The number of hydrogen-bond acceptors (Lipinski definition) is 3. The highest BCUT2D eigenvalue weighted by atomic mass is 16.4. The first-order valence-electron chi connectivity index (χ1n) is 4.60. The molecule has 4 nitrogen and oxygen atoms in total. The second-order valence-corrected chi connectivity index (χ2v) is 3.34. The van der Waals surface area contributed by atoms with E-state index in [4.69, 9.17) is 4.65 Å². The van der Waals surface area contributed by atoms with Crippen molar-refractivity contribution < 1.29 is 9.45 Å². The van der Waals surface area contributed by atoms with E-state index in [2.05, 4.69) is 10.5 Å². The highest BCUT2D eigenvalue weighted by Gasteiger charge is 2.28. The van der Waals surface area contributed by atoms with E-state index in [1.54, 1.807) is 21.8 Å². The van der Waals surface area contributed by atoms with E-state index in [-0.39, 0.29) is 11.8 Å². The number of hydrogen-bond donors (Lipinski definition) is 2. The smallest absolute Gasteiger partial charge is 0.395 e. The minimum atomic E-state index is 0.154. The van der Waals surface area contributed by atoms with Crippen LogP contribution in [0.3, 0.4) is 0 Å². The minimum absolute atomic E-state index is 0.154. The molecule has 73 valence electrons. The lowest BCUT2D eigenvalue weighted by Crippen LogP contribution is -2.33. The normalized spacial score (nSPS) is 27.2. The number of carbonyl (C=O) groups excluding carboxylic acids is 1. The zero-order valence-corrected chi connectivity index (χ0v) is 8.17. The van der Waals surface area contributed by atoms with Crippen molar-refractivity contribution in [2.45, 2.75) is 25.3 Å². The molecule has 0 heterocycles. The second-order valence-electron chi connectivity index (χ2n) is 3.34. The van der Waals surface area contributed by atoms with Gasteiger partial charge < -0.3 is 15.2 Å². The summed E-state index contributed by atoms with van der Waals surface area (Å²) in [5, 5.41) is 5.79. The predicted octanol–water partition coefficient (Wildman–Crippen LogP) is -0.329. The van der Waals surface area contributed by atoms with Crippen LogP contribution < -0.4 is 10.5 Å². The Hall–Kier alpha value is -0.545. The lowest BCUT2D eigenvalue weighted by Gasteiger charge is -2.10. The first-order chi connectivity index (χ1) is 6.27. The van der Waals surface area contributed by atoms with Gasteiger partial charge in [0, 0.05) is 20.1 Å². The molecule has 2 N–H and O–H groups in total. The Labute approximate surface area is 79.7 Å². The molecule has 0 spiro atoms. The molecule has 1 radical (unpaired) electrons. The third kappa shape index (κ3) is 3.01. The number of nitrogens with one attached hydrogen (secondary N) is 2. The van der Waals surface area contributed by atoms with Gasteiger partial charge in [0.05, 0.1) is 0 Å². The lowest BCUT2D eigenvalue weighted by molar-refractivity contribution is -0.124. The van der Waals surface area contributed by atoms with Crippen LogP contribution in [0.25, 0.3) is 0 Å². The summed E-state index contributed by atoms with van der Waals surface area (Å²) < 4.78 is 4.79. The van der Waals surface area contributed by atoms with Crippen molar-refractivity contribution in [1.29, 1.82) is 0 Å². The summed E-state index contributed by atoms with van der Waals surface area (Å²) in [6, 6.07) is 0.391. The summed E-state index contributed by atoms with van der Waals surface area (Å²) in [7, 11) is 4.87. The summed E-state index contributed by atoms with van der Waals surface area (Å²) in [6.07, 6.45) is 2.91. The maximum atomic E-state index is 11.3. The molecule has 1 saturated carbocycles. The molecule has 1 rings (SSSR count). The summed E-state index contributed by atoms with van der Waals surface area (Å²) in [5.41, 5.74) is 0. The monoisotopic (exact) mass is 183 g/mol. The van der Waals surface area contributed by atoms with Crippen LogP contribution in [0, 0.1) is 5.92 Å². The zero-order chi connectivity index (χ0) is 9.68. The van der Waals surface area contributed by atoms with Crippen LogP contribution in [0.2, 0.25) is 0 Å². The van der Waals surface area contributed by atoms with Crippen LogP contribution in [0.15, 0.2) is 0 Å². The van der Waals surface area contributed by atoms with Gasteiger partial charge >= 0.3 is 7.62 Å². The quantitative estimate of drug-likeness (QED) is 0.587. The standard InChI is InChI=1S/C8H16BN2O2/c1-10-8(12)6-3-4-7(5-6)11-9-13-2/h6-7,11H,3-5H2,1-2H3,(H,10,12). The molecule has 1 aliphatic rings. The second kappa shape index (κ2) is 5.24. The van der Waals surface area contributed by atoms with Crippen LogP contribution in [0.4, 0.5) is 0 Å². The molecule has 0 aliphatic heterocycles. The van der Waals surface area contributed by atoms with Gasteiger partial charge in [-0.25, -0.2) is 0 Å². The molecule has 13 heavy (non-hydrogen) atoms. The summed E-state index contributed by atoms with van der Waals surface area (Å²) in [5.74, 6) is 0.328. The van der Waals surface area contributed by atoms with Gasteiger partial charge in [0.25, 0.3) is 0 Å². The SMILES string of the molecule is CNC(=O)C1CCC(N[B]OC)C1. The van der Waals surface area contributed by atoms with Crippen LogP contribution in [-0.4, -0.2) is 33.7 Å². The average molecular weight is 183 g/mol. The Kier molecular flexibility index (Phi) is 4.25. The fourth-order valence-corrected chi connectivity index (χ4v) is 1.74. The van der Waals surface area contributed by atoms with E-state index in [0.717, 1.165) is 19.3 Å². The van der Waals surface area contributed by atoms with Crippen LogP contribution >= 0.6 is 0 Å². The average Bonchev–Trinajstić information content (AvgIpc) is 2.62. The van der Waals surface area contributed by atoms with E-state index < -0.39 is 0 Å². The molecule has 0 aromatic rings. The predicted molar refractivity (Wildman–Crippen MR) is 51.1 cm³/mol. The number of carbonyl (C=O) groups is 1. The first-order valence-corrected chi connectivity index (χ1v) is 4.60. The van der Waals surface area contributed by atoms with Gasteiger partial charge in [-0.15, -0.1) is 0 Å². The highest BCUT2D eigenvalue weighted by Crippen LogP contribution is 2.25. The molecule has 0 aromatic carbocycles. The third-order valence-corrected chi connectivity index (χ3v) is 2.47. The fraction of sp³-hybridized carbons (Fsp3) is 0.875. The topological polar surface area (TPSA) is 50.4 Å². The van der Waals surface area contributed by atoms with Crippen molar-refractivity contribution in [1.82, 2.24) is 10.5 Å². The molecular weight excluding hydrogens is 167 g/mol. The molecule has 1 aliphatic carbocycles. The number of amides is 1. The van der Waals surface area contributed by atoms with Crippen molar-refractivity contribution in [2.75, 3.05) is 14.2 Å². The van der Waals surface area contributed by atoms with E-state index in [9.17, 15) is 4.79 Å². The number of rotatable bonds is 4. The molecule has 0 aromatic heterocycles. The molecule has 2 atom stereocenters. The maximum Gasteiger partial charge on any atom is 0.395 e. The van der Waals surface area contributed by atoms with Crippen LogP contribution in [0.5, 0.6) is 0 Å². The molecule has 1 amide bonds. The zero-order valence-electron chi connectivity index (χ0n) is 8.17. The molecule has 0 saturated heterocycles. The molecule has 1 fully saturated rings. The van der Waals surface area contributed by atoms with Gasteiger partial charge in [0.15, 0.2) is 0 Å². The van der Waals surface area contributed by atoms with E-state index in [1.165, 1.54) is 0 Å². The fourth-order valence-electron chi connectivity index (χ4n) is 1.74. The maximum absolute atomic E-state index is 11.3. The Balaban J connectivity index is 2.23. The van der Waals surface area contributed by atoms with E-state index >= 15 is 0 Å². The van der Waals surface area contributed by atoms with Gasteiger partial charge in [-0.2, -0.15) is 0 Å². The van der Waals surface area contributed by atoms with Crippen LogP contribution in [-0.2, 0) is 9.45 Å². The summed E-state index contributed by atoms with van der Waals surface area (Å²) in [6.45, 7) is 0. The first kappa shape index (κ1) is 10.5.